The number of rotatable bonds is 7. The fraction of sp³-hybridized carbons (Fsp3) is 0.481. The molecule has 2 aromatic rings. The van der Waals surface area contributed by atoms with Gasteiger partial charge in [0.25, 0.3) is 0 Å². The summed E-state index contributed by atoms with van der Waals surface area (Å²) in [4.78, 5) is 30.3. The SMILES string of the molecule is CN1CCCC1CCNC(=O)C1(c2ccccc2)CCN(C(=O)OCc2ccccc2)CC1. The fourth-order valence-electron chi connectivity index (χ4n) is 5.15. The van der Waals surface area contributed by atoms with E-state index in [9.17, 15) is 9.59 Å². The third-order valence-electron chi connectivity index (χ3n) is 7.28. The molecule has 2 aromatic carbocycles. The summed E-state index contributed by atoms with van der Waals surface area (Å²) >= 11 is 0. The molecule has 6 heteroatoms. The molecule has 176 valence electrons. The van der Waals surface area contributed by atoms with Crippen molar-refractivity contribution in [2.24, 2.45) is 0 Å². The number of nitrogens with zero attached hydrogens (tertiary/aromatic N) is 2. The zero-order valence-electron chi connectivity index (χ0n) is 19.5. The van der Waals surface area contributed by atoms with Gasteiger partial charge < -0.3 is 19.9 Å². The molecule has 2 fully saturated rings. The lowest BCUT2D eigenvalue weighted by Crippen LogP contribution is -2.53. The second-order valence-electron chi connectivity index (χ2n) is 9.30. The van der Waals surface area contributed by atoms with E-state index in [4.69, 9.17) is 4.74 Å². The predicted molar refractivity (Wildman–Crippen MR) is 129 cm³/mol. The molecule has 0 bridgehead atoms. The van der Waals surface area contributed by atoms with E-state index in [1.165, 1.54) is 12.8 Å². The Labute approximate surface area is 196 Å². The lowest BCUT2D eigenvalue weighted by Gasteiger charge is -2.40. The van der Waals surface area contributed by atoms with Gasteiger partial charge in [-0.3, -0.25) is 4.79 Å². The fourth-order valence-corrected chi connectivity index (χ4v) is 5.15. The molecule has 2 heterocycles. The highest BCUT2D eigenvalue weighted by Gasteiger charge is 2.43. The minimum atomic E-state index is -0.612. The Balaban J connectivity index is 1.36. The topological polar surface area (TPSA) is 61.9 Å². The van der Waals surface area contributed by atoms with Gasteiger partial charge >= 0.3 is 6.09 Å². The Hall–Kier alpha value is -2.86. The molecule has 2 aliphatic heterocycles. The first kappa shape index (κ1) is 23.3. The number of hydrogen-bond donors (Lipinski definition) is 1. The minimum Gasteiger partial charge on any atom is -0.445 e. The summed E-state index contributed by atoms with van der Waals surface area (Å²) in [6, 6.07) is 20.3. The zero-order valence-corrected chi connectivity index (χ0v) is 19.5. The maximum atomic E-state index is 13.5. The average molecular weight is 450 g/mol. The van der Waals surface area contributed by atoms with Crippen molar-refractivity contribution in [1.29, 1.82) is 0 Å². The number of hydrogen-bond acceptors (Lipinski definition) is 4. The van der Waals surface area contributed by atoms with Crippen LogP contribution in [-0.4, -0.2) is 61.1 Å². The Bertz CT molecular complexity index is 911. The maximum Gasteiger partial charge on any atom is 0.410 e. The molecule has 33 heavy (non-hydrogen) atoms. The third kappa shape index (κ3) is 5.56. The lowest BCUT2D eigenvalue weighted by atomic mass is 9.72. The van der Waals surface area contributed by atoms with Crippen LogP contribution < -0.4 is 5.32 Å². The van der Waals surface area contributed by atoms with Crippen molar-refractivity contribution >= 4 is 12.0 Å². The lowest BCUT2D eigenvalue weighted by molar-refractivity contribution is -0.128. The number of carbonyl (C=O) groups excluding carboxylic acids is 2. The van der Waals surface area contributed by atoms with E-state index in [1.54, 1.807) is 4.90 Å². The van der Waals surface area contributed by atoms with Crippen molar-refractivity contribution in [2.45, 2.75) is 50.2 Å². The van der Waals surface area contributed by atoms with E-state index in [2.05, 4.69) is 17.3 Å². The van der Waals surface area contributed by atoms with Crippen LogP contribution >= 0.6 is 0 Å². The molecule has 0 spiro atoms. The third-order valence-corrected chi connectivity index (χ3v) is 7.28. The van der Waals surface area contributed by atoms with E-state index < -0.39 is 5.41 Å². The van der Waals surface area contributed by atoms with E-state index >= 15 is 0 Å². The zero-order chi connectivity index (χ0) is 23.1. The van der Waals surface area contributed by atoms with Gasteiger partial charge in [-0.1, -0.05) is 60.7 Å². The summed E-state index contributed by atoms with van der Waals surface area (Å²) in [5, 5.41) is 3.23. The Morgan fingerprint density at radius 2 is 1.67 bits per heavy atom. The molecule has 1 N–H and O–H groups in total. The molecule has 4 rings (SSSR count). The van der Waals surface area contributed by atoms with Crippen LogP contribution in [0.2, 0.25) is 0 Å². The van der Waals surface area contributed by atoms with E-state index in [-0.39, 0.29) is 18.6 Å². The number of likely N-dealkylation sites (tertiary alicyclic amines) is 2. The van der Waals surface area contributed by atoms with Crippen molar-refractivity contribution in [1.82, 2.24) is 15.1 Å². The van der Waals surface area contributed by atoms with Crippen molar-refractivity contribution < 1.29 is 14.3 Å². The Kier molecular flexibility index (Phi) is 7.65. The minimum absolute atomic E-state index is 0.0756. The monoisotopic (exact) mass is 449 g/mol. The highest BCUT2D eigenvalue weighted by molar-refractivity contribution is 5.88. The van der Waals surface area contributed by atoms with E-state index in [0.29, 0.717) is 38.5 Å². The maximum absolute atomic E-state index is 13.5. The molecule has 2 aliphatic rings. The van der Waals surface area contributed by atoms with Crippen LogP contribution in [0, 0.1) is 0 Å². The molecule has 0 aliphatic carbocycles. The number of amides is 2. The van der Waals surface area contributed by atoms with Gasteiger partial charge in [-0.25, -0.2) is 4.79 Å². The molecule has 0 radical (unpaired) electrons. The second-order valence-corrected chi connectivity index (χ2v) is 9.30. The average Bonchev–Trinajstić information content (AvgIpc) is 3.28. The summed E-state index contributed by atoms with van der Waals surface area (Å²) in [7, 11) is 2.16. The van der Waals surface area contributed by atoms with Crippen LogP contribution in [0.4, 0.5) is 4.79 Å². The summed E-state index contributed by atoms with van der Waals surface area (Å²) < 4.78 is 5.52. The summed E-state index contributed by atoms with van der Waals surface area (Å²) in [6.45, 7) is 3.09. The van der Waals surface area contributed by atoms with Crippen LogP contribution in [0.25, 0.3) is 0 Å². The van der Waals surface area contributed by atoms with Crippen LogP contribution in [0.5, 0.6) is 0 Å². The Morgan fingerprint density at radius 3 is 2.30 bits per heavy atom. The summed E-state index contributed by atoms with van der Waals surface area (Å²) in [5.74, 6) is 0.0756. The van der Waals surface area contributed by atoms with Gasteiger partial charge in [0.15, 0.2) is 0 Å². The Morgan fingerprint density at radius 1 is 1.00 bits per heavy atom. The quantitative estimate of drug-likeness (QED) is 0.695. The van der Waals surface area contributed by atoms with Crippen molar-refractivity contribution in [3.05, 3.63) is 71.8 Å². The molecule has 1 atom stereocenters. The number of piperidine rings is 1. The largest absolute Gasteiger partial charge is 0.445 e. The molecule has 2 amide bonds. The van der Waals surface area contributed by atoms with Gasteiger partial charge in [0.1, 0.15) is 6.61 Å². The summed E-state index contributed by atoms with van der Waals surface area (Å²) in [6.07, 6.45) is 4.28. The van der Waals surface area contributed by atoms with Gasteiger partial charge in [-0.15, -0.1) is 0 Å². The second kappa shape index (κ2) is 10.8. The standard InChI is InChI=1S/C27H35N3O3/c1-29-18-8-13-24(29)14-17-28-25(31)27(23-11-6-3-7-12-23)15-19-30(20-16-27)26(32)33-21-22-9-4-2-5-10-22/h2-7,9-12,24H,8,13-21H2,1H3,(H,28,31). The van der Waals surface area contributed by atoms with Gasteiger partial charge in [0.05, 0.1) is 5.41 Å². The van der Waals surface area contributed by atoms with Crippen LogP contribution in [0.1, 0.15) is 43.2 Å². The van der Waals surface area contributed by atoms with Crippen LogP contribution in [0.15, 0.2) is 60.7 Å². The van der Waals surface area contributed by atoms with Gasteiger partial charge in [-0.05, 0) is 56.8 Å². The van der Waals surface area contributed by atoms with Crippen molar-refractivity contribution in [2.75, 3.05) is 33.2 Å². The molecule has 0 saturated carbocycles. The first-order valence-corrected chi connectivity index (χ1v) is 12.1. The molecular formula is C27H35N3O3. The van der Waals surface area contributed by atoms with Crippen molar-refractivity contribution in [3.63, 3.8) is 0 Å². The van der Waals surface area contributed by atoms with Gasteiger partial charge in [0, 0.05) is 25.7 Å². The van der Waals surface area contributed by atoms with E-state index in [1.807, 2.05) is 60.7 Å². The number of nitrogens with one attached hydrogen (secondary N) is 1. The first-order valence-electron chi connectivity index (χ1n) is 12.1. The number of carbonyl (C=O) groups is 2. The van der Waals surface area contributed by atoms with Gasteiger partial charge in [0.2, 0.25) is 5.91 Å². The van der Waals surface area contributed by atoms with Crippen LogP contribution in [0.3, 0.4) is 0 Å². The van der Waals surface area contributed by atoms with Gasteiger partial charge in [-0.2, -0.15) is 0 Å². The molecule has 2 saturated heterocycles. The highest BCUT2D eigenvalue weighted by Crippen LogP contribution is 2.36. The smallest absolute Gasteiger partial charge is 0.410 e. The highest BCUT2D eigenvalue weighted by atomic mass is 16.6. The molecule has 1 unspecified atom stereocenters. The molecular weight excluding hydrogens is 414 g/mol. The number of benzene rings is 2. The summed E-state index contributed by atoms with van der Waals surface area (Å²) in [5.41, 5.74) is 1.38. The molecule has 0 aromatic heterocycles. The van der Waals surface area contributed by atoms with E-state index in [0.717, 1.165) is 24.1 Å². The first-order chi connectivity index (χ1) is 16.1. The van der Waals surface area contributed by atoms with Crippen LogP contribution in [-0.2, 0) is 21.6 Å². The molecule has 6 nitrogen and oxygen atoms in total. The number of ether oxygens (including phenoxy) is 1. The van der Waals surface area contributed by atoms with Crippen molar-refractivity contribution in [3.8, 4) is 0 Å². The normalized spacial score (nSPS) is 20.4. The predicted octanol–water partition coefficient (Wildman–Crippen LogP) is 3.96.